The number of amides is 1. The lowest BCUT2D eigenvalue weighted by Crippen LogP contribution is -2.48. The Morgan fingerprint density at radius 2 is 2.42 bits per heavy atom. The van der Waals surface area contributed by atoms with Crippen molar-refractivity contribution in [3.63, 3.8) is 0 Å². The molecule has 104 valence electrons. The maximum absolute atomic E-state index is 13.2. The fraction of sp³-hybridized carbons (Fsp3) is 0.462. The molecule has 0 radical (unpaired) electrons. The molecule has 1 atom stereocenters. The van der Waals surface area contributed by atoms with Crippen molar-refractivity contribution in [1.82, 2.24) is 10.2 Å². The van der Waals surface area contributed by atoms with Crippen molar-refractivity contribution in [2.45, 2.75) is 6.10 Å². The molecule has 1 aliphatic heterocycles. The second-order valence-electron chi connectivity index (χ2n) is 4.43. The van der Waals surface area contributed by atoms with Gasteiger partial charge in [-0.05, 0) is 41.2 Å². The zero-order chi connectivity index (χ0) is 13.8. The Morgan fingerprint density at radius 1 is 1.63 bits per heavy atom. The highest BCUT2D eigenvalue weighted by Crippen LogP contribution is 2.20. The highest BCUT2D eigenvalue weighted by atomic mass is 79.9. The largest absolute Gasteiger partial charge is 0.373 e. The predicted octanol–water partition coefficient (Wildman–Crippen LogP) is 1.65. The van der Waals surface area contributed by atoms with Gasteiger partial charge in [0, 0.05) is 24.1 Å². The zero-order valence-electron chi connectivity index (χ0n) is 10.7. The van der Waals surface area contributed by atoms with Crippen LogP contribution in [0, 0.1) is 5.82 Å². The maximum Gasteiger partial charge on any atom is 0.255 e. The molecule has 0 bridgehead atoms. The van der Waals surface area contributed by atoms with Crippen LogP contribution in [0.3, 0.4) is 0 Å². The molecule has 4 nitrogen and oxygen atoms in total. The number of hydrogen-bond acceptors (Lipinski definition) is 3. The highest BCUT2D eigenvalue weighted by Gasteiger charge is 2.25. The number of hydrogen-bond donors (Lipinski definition) is 1. The molecule has 6 heteroatoms. The van der Waals surface area contributed by atoms with Gasteiger partial charge in [0.15, 0.2) is 0 Å². The number of benzene rings is 1. The lowest BCUT2D eigenvalue weighted by atomic mass is 10.1. The molecule has 1 unspecified atom stereocenters. The van der Waals surface area contributed by atoms with Gasteiger partial charge in [0.25, 0.3) is 5.91 Å². The Labute approximate surface area is 120 Å². The Bertz CT molecular complexity index is 468. The van der Waals surface area contributed by atoms with Crippen molar-refractivity contribution in [2.75, 3.05) is 33.3 Å². The number of ether oxygens (including phenoxy) is 1. The first-order valence-electron chi connectivity index (χ1n) is 6.12. The van der Waals surface area contributed by atoms with Crippen LogP contribution in [-0.2, 0) is 4.74 Å². The van der Waals surface area contributed by atoms with Gasteiger partial charge in [-0.3, -0.25) is 4.79 Å². The third-order valence-corrected chi connectivity index (χ3v) is 3.71. The molecule has 0 saturated carbocycles. The van der Waals surface area contributed by atoms with Gasteiger partial charge in [-0.25, -0.2) is 4.39 Å². The minimum Gasteiger partial charge on any atom is -0.373 e. The molecule has 1 aromatic carbocycles. The van der Waals surface area contributed by atoms with Crippen LogP contribution >= 0.6 is 15.9 Å². The number of carbonyl (C=O) groups excluding carboxylic acids is 1. The predicted molar refractivity (Wildman–Crippen MR) is 73.7 cm³/mol. The summed E-state index contributed by atoms with van der Waals surface area (Å²) in [5, 5.41) is 3.02. The summed E-state index contributed by atoms with van der Waals surface area (Å²) in [5.74, 6) is -0.581. The van der Waals surface area contributed by atoms with Crippen molar-refractivity contribution in [1.29, 1.82) is 0 Å². The van der Waals surface area contributed by atoms with Crippen LogP contribution in [0.2, 0.25) is 0 Å². The van der Waals surface area contributed by atoms with Crippen molar-refractivity contribution < 1.29 is 13.9 Å². The molecule has 0 aromatic heterocycles. The van der Waals surface area contributed by atoms with E-state index in [1.54, 1.807) is 11.0 Å². The number of rotatable bonds is 3. The Morgan fingerprint density at radius 3 is 3.16 bits per heavy atom. The quantitative estimate of drug-likeness (QED) is 0.916. The van der Waals surface area contributed by atoms with E-state index in [-0.39, 0.29) is 12.0 Å². The Balaban J connectivity index is 2.12. The van der Waals surface area contributed by atoms with E-state index >= 15 is 0 Å². The van der Waals surface area contributed by atoms with E-state index in [2.05, 4.69) is 21.2 Å². The van der Waals surface area contributed by atoms with Gasteiger partial charge in [0.2, 0.25) is 0 Å². The molecule has 1 fully saturated rings. The SMILES string of the molecule is CNCC1CN(C(=O)c2cc(F)ccc2Br)CCO1. The van der Waals surface area contributed by atoms with Gasteiger partial charge < -0.3 is 15.0 Å². The zero-order valence-corrected chi connectivity index (χ0v) is 12.2. The minimum absolute atomic E-state index is 0.0185. The molecule has 1 heterocycles. The summed E-state index contributed by atoms with van der Waals surface area (Å²) in [6.07, 6.45) is -0.0185. The van der Waals surface area contributed by atoms with Crippen LogP contribution in [0.15, 0.2) is 22.7 Å². The average Bonchev–Trinajstić information content (AvgIpc) is 2.41. The molecule has 0 spiro atoms. The fourth-order valence-corrected chi connectivity index (χ4v) is 2.50. The van der Waals surface area contributed by atoms with Gasteiger partial charge >= 0.3 is 0 Å². The standard InChI is InChI=1S/C13H16BrFN2O2/c1-16-7-10-8-17(4-5-19-10)13(18)11-6-9(15)2-3-12(11)14/h2-3,6,10,16H,4-5,7-8H2,1H3. The van der Waals surface area contributed by atoms with E-state index in [9.17, 15) is 9.18 Å². The van der Waals surface area contributed by atoms with Gasteiger partial charge in [0.05, 0.1) is 18.3 Å². The summed E-state index contributed by atoms with van der Waals surface area (Å²) in [6.45, 7) is 2.24. The smallest absolute Gasteiger partial charge is 0.255 e. The molecular formula is C13H16BrFN2O2. The number of nitrogens with one attached hydrogen (secondary N) is 1. The second-order valence-corrected chi connectivity index (χ2v) is 5.28. The van der Waals surface area contributed by atoms with Crippen molar-refractivity contribution in [2.24, 2.45) is 0 Å². The van der Waals surface area contributed by atoms with Crippen molar-refractivity contribution in [3.8, 4) is 0 Å². The van der Waals surface area contributed by atoms with Gasteiger partial charge in [-0.2, -0.15) is 0 Å². The number of nitrogens with zero attached hydrogens (tertiary/aromatic N) is 1. The number of carbonyl (C=O) groups is 1. The third-order valence-electron chi connectivity index (χ3n) is 3.02. The summed E-state index contributed by atoms with van der Waals surface area (Å²) in [5.41, 5.74) is 0.352. The summed E-state index contributed by atoms with van der Waals surface area (Å²) < 4.78 is 19.4. The summed E-state index contributed by atoms with van der Waals surface area (Å²) in [4.78, 5) is 14.1. The van der Waals surface area contributed by atoms with E-state index in [1.807, 2.05) is 7.05 Å². The van der Waals surface area contributed by atoms with E-state index < -0.39 is 5.82 Å². The molecule has 1 aromatic rings. The van der Waals surface area contributed by atoms with E-state index in [0.717, 1.165) is 0 Å². The molecule has 19 heavy (non-hydrogen) atoms. The van der Waals surface area contributed by atoms with E-state index in [4.69, 9.17) is 4.74 Å². The molecule has 1 aliphatic rings. The Kier molecular flexibility index (Phi) is 4.90. The second kappa shape index (κ2) is 6.45. The Hall–Kier alpha value is -0.980. The maximum atomic E-state index is 13.2. The lowest BCUT2D eigenvalue weighted by molar-refractivity contribution is -0.0196. The fourth-order valence-electron chi connectivity index (χ4n) is 2.09. The van der Waals surface area contributed by atoms with Crippen LogP contribution in [0.5, 0.6) is 0 Å². The number of likely N-dealkylation sites (N-methyl/N-ethyl adjacent to an activating group) is 1. The minimum atomic E-state index is -0.411. The third kappa shape index (κ3) is 3.52. The number of halogens is 2. The summed E-state index contributed by atoms with van der Waals surface area (Å²) in [7, 11) is 1.84. The molecular weight excluding hydrogens is 315 g/mol. The van der Waals surface area contributed by atoms with Gasteiger partial charge in [0.1, 0.15) is 5.82 Å². The van der Waals surface area contributed by atoms with Crippen LogP contribution in [-0.4, -0.2) is 50.2 Å². The summed E-state index contributed by atoms with van der Waals surface area (Å²) >= 11 is 3.29. The van der Waals surface area contributed by atoms with E-state index in [0.29, 0.717) is 36.3 Å². The van der Waals surface area contributed by atoms with Crippen molar-refractivity contribution in [3.05, 3.63) is 34.1 Å². The number of morpholine rings is 1. The monoisotopic (exact) mass is 330 g/mol. The van der Waals surface area contributed by atoms with Crippen LogP contribution in [0.4, 0.5) is 4.39 Å². The van der Waals surface area contributed by atoms with E-state index in [1.165, 1.54) is 12.1 Å². The first-order chi connectivity index (χ1) is 9.11. The van der Waals surface area contributed by atoms with Gasteiger partial charge in [-0.1, -0.05) is 0 Å². The molecule has 0 aliphatic carbocycles. The van der Waals surface area contributed by atoms with Crippen LogP contribution in [0.1, 0.15) is 10.4 Å². The topological polar surface area (TPSA) is 41.6 Å². The molecule has 1 N–H and O–H groups in total. The summed E-state index contributed by atoms with van der Waals surface area (Å²) in [6, 6.07) is 4.13. The molecule has 2 rings (SSSR count). The van der Waals surface area contributed by atoms with Crippen LogP contribution < -0.4 is 5.32 Å². The first-order valence-corrected chi connectivity index (χ1v) is 6.91. The lowest BCUT2D eigenvalue weighted by Gasteiger charge is -2.33. The van der Waals surface area contributed by atoms with Gasteiger partial charge in [-0.15, -0.1) is 0 Å². The average molecular weight is 331 g/mol. The van der Waals surface area contributed by atoms with Crippen molar-refractivity contribution >= 4 is 21.8 Å². The molecule has 1 amide bonds. The molecule has 1 saturated heterocycles. The normalized spacial score (nSPS) is 19.5. The van der Waals surface area contributed by atoms with Crippen LogP contribution in [0.25, 0.3) is 0 Å². The highest BCUT2D eigenvalue weighted by molar-refractivity contribution is 9.10. The first kappa shape index (κ1) is 14.4.